The van der Waals surface area contributed by atoms with E-state index in [9.17, 15) is 4.79 Å². The van der Waals surface area contributed by atoms with Gasteiger partial charge in [0.05, 0.1) is 5.56 Å². The van der Waals surface area contributed by atoms with Gasteiger partial charge in [0, 0.05) is 11.8 Å². The van der Waals surface area contributed by atoms with Crippen LogP contribution in [0.3, 0.4) is 0 Å². The van der Waals surface area contributed by atoms with Crippen molar-refractivity contribution < 1.29 is 9.53 Å². The van der Waals surface area contributed by atoms with Crippen LogP contribution in [0, 0.1) is 23.2 Å². The summed E-state index contributed by atoms with van der Waals surface area (Å²) in [5.41, 5.74) is 1.09. The van der Waals surface area contributed by atoms with Crippen molar-refractivity contribution in [3.8, 4) is 5.75 Å². The number of fused-ring (bicyclic) bond motifs is 1. The second-order valence-electron chi connectivity index (χ2n) is 8.01. The first-order valence-electron chi connectivity index (χ1n) is 8.51. The quantitative estimate of drug-likeness (QED) is 0.770. The van der Waals surface area contributed by atoms with Crippen molar-refractivity contribution in [3.05, 3.63) is 29.8 Å². The summed E-state index contributed by atoms with van der Waals surface area (Å²) in [7, 11) is 0. The van der Waals surface area contributed by atoms with Gasteiger partial charge >= 0.3 is 0 Å². The maximum atomic E-state index is 12.5. The molecular weight excluding hydrogens is 260 g/mol. The summed E-state index contributed by atoms with van der Waals surface area (Å²) in [6.45, 7) is 0. The summed E-state index contributed by atoms with van der Waals surface area (Å²) >= 11 is 0. The Morgan fingerprint density at radius 2 is 1.57 bits per heavy atom. The fourth-order valence-corrected chi connectivity index (χ4v) is 6.19. The summed E-state index contributed by atoms with van der Waals surface area (Å²) in [5, 5.41) is 0. The van der Waals surface area contributed by atoms with Gasteiger partial charge in [-0.1, -0.05) is 12.1 Å². The highest BCUT2D eigenvalue weighted by Gasteiger charge is 2.56. The molecular formula is C19H22O2. The lowest BCUT2D eigenvalue weighted by Gasteiger charge is -2.59. The van der Waals surface area contributed by atoms with E-state index in [1.807, 2.05) is 24.3 Å². The van der Waals surface area contributed by atoms with E-state index in [1.54, 1.807) is 0 Å². The van der Waals surface area contributed by atoms with Gasteiger partial charge in [0.25, 0.3) is 0 Å². The summed E-state index contributed by atoms with van der Waals surface area (Å²) in [5.74, 6) is 3.85. The Bertz CT molecular complexity index is 568. The zero-order chi connectivity index (χ0) is 14.0. The maximum Gasteiger partial charge on any atom is 0.170 e. The van der Waals surface area contributed by atoms with Crippen LogP contribution in [-0.2, 0) is 0 Å². The van der Waals surface area contributed by atoms with E-state index in [2.05, 4.69) is 0 Å². The van der Waals surface area contributed by atoms with Crippen molar-refractivity contribution in [1.29, 1.82) is 0 Å². The lowest BCUT2D eigenvalue weighted by atomic mass is 9.47. The van der Waals surface area contributed by atoms with Crippen LogP contribution in [0.4, 0.5) is 0 Å². The SMILES string of the molecule is O=C1CC(C23CC4CC(CC(C4)C2)C3)Oc2ccccc21. The van der Waals surface area contributed by atoms with Crippen molar-refractivity contribution in [3.63, 3.8) is 0 Å². The van der Waals surface area contributed by atoms with Gasteiger partial charge in [-0.2, -0.15) is 0 Å². The molecule has 0 spiro atoms. The molecule has 0 radical (unpaired) electrons. The molecule has 0 N–H and O–H groups in total. The average Bonchev–Trinajstić information content (AvgIpc) is 2.46. The number of rotatable bonds is 1. The van der Waals surface area contributed by atoms with Crippen molar-refractivity contribution >= 4 is 5.78 Å². The van der Waals surface area contributed by atoms with Crippen molar-refractivity contribution in [2.24, 2.45) is 23.2 Å². The van der Waals surface area contributed by atoms with E-state index in [0.717, 1.165) is 29.1 Å². The number of benzene rings is 1. The molecule has 0 amide bonds. The summed E-state index contributed by atoms with van der Waals surface area (Å²) in [6, 6.07) is 7.80. The Kier molecular flexibility index (Phi) is 2.40. The Morgan fingerprint density at radius 1 is 0.952 bits per heavy atom. The Balaban J connectivity index is 1.50. The first-order valence-corrected chi connectivity index (χ1v) is 8.51. The van der Waals surface area contributed by atoms with Crippen LogP contribution in [0.25, 0.3) is 0 Å². The predicted octanol–water partition coefficient (Wildman–Crippen LogP) is 4.24. The average molecular weight is 282 g/mol. The number of carbonyl (C=O) groups excluding carboxylic acids is 1. The van der Waals surface area contributed by atoms with E-state index >= 15 is 0 Å². The van der Waals surface area contributed by atoms with Crippen LogP contribution in [0.1, 0.15) is 55.3 Å². The molecule has 4 fully saturated rings. The number of ketones is 1. The number of hydrogen-bond acceptors (Lipinski definition) is 2. The van der Waals surface area contributed by atoms with Gasteiger partial charge in [0.2, 0.25) is 0 Å². The van der Waals surface area contributed by atoms with E-state index in [0.29, 0.717) is 11.8 Å². The third-order valence-electron chi connectivity index (χ3n) is 6.60. The smallest absolute Gasteiger partial charge is 0.170 e. The first kappa shape index (κ1) is 12.3. The molecule has 5 aliphatic rings. The fourth-order valence-electron chi connectivity index (χ4n) is 6.19. The van der Waals surface area contributed by atoms with Crippen molar-refractivity contribution in [1.82, 2.24) is 0 Å². The number of hydrogen-bond donors (Lipinski definition) is 0. The molecule has 4 bridgehead atoms. The molecule has 1 atom stereocenters. The standard InChI is InChI=1S/C19H22O2/c20-16-8-18(21-17-4-2-1-3-15(16)17)19-9-12-5-13(10-19)7-14(6-12)11-19/h1-4,12-14,18H,5-11H2. The second-order valence-corrected chi connectivity index (χ2v) is 8.01. The van der Waals surface area contributed by atoms with Gasteiger partial charge < -0.3 is 4.74 Å². The zero-order valence-corrected chi connectivity index (χ0v) is 12.4. The third-order valence-corrected chi connectivity index (χ3v) is 6.60. The molecule has 6 rings (SSSR count). The molecule has 1 heterocycles. The van der Waals surface area contributed by atoms with E-state index in [-0.39, 0.29) is 11.9 Å². The Labute approximate surface area is 125 Å². The van der Waals surface area contributed by atoms with Gasteiger partial charge in [0.1, 0.15) is 11.9 Å². The number of carbonyl (C=O) groups is 1. The molecule has 4 saturated carbocycles. The molecule has 21 heavy (non-hydrogen) atoms. The largest absolute Gasteiger partial charge is 0.489 e. The van der Waals surface area contributed by atoms with Gasteiger partial charge in [-0.05, 0) is 68.4 Å². The second kappa shape index (κ2) is 4.12. The van der Waals surface area contributed by atoms with Gasteiger partial charge in [0.15, 0.2) is 5.78 Å². The summed E-state index contributed by atoms with van der Waals surface area (Å²) in [4.78, 5) is 12.5. The predicted molar refractivity (Wildman–Crippen MR) is 80.4 cm³/mol. The lowest BCUT2D eigenvalue weighted by Crippen LogP contribution is -2.54. The topological polar surface area (TPSA) is 26.3 Å². The number of Topliss-reactive ketones (excluding diaryl/α,β-unsaturated/α-hetero) is 1. The molecule has 2 nitrogen and oxygen atoms in total. The molecule has 0 saturated heterocycles. The molecule has 4 aliphatic carbocycles. The van der Waals surface area contributed by atoms with Gasteiger partial charge in [-0.25, -0.2) is 0 Å². The highest BCUT2D eigenvalue weighted by atomic mass is 16.5. The van der Waals surface area contributed by atoms with Gasteiger partial charge in [-0.3, -0.25) is 4.79 Å². The fraction of sp³-hybridized carbons (Fsp3) is 0.632. The summed E-state index contributed by atoms with van der Waals surface area (Å²) in [6.07, 6.45) is 8.97. The monoisotopic (exact) mass is 282 g/mol. The minimum absolute atomic E-state index is 0.133. The first-order chi connectivity index (χ1) is 10.2. The molecule has 1 aliphatic heterocycles. The highest BCUT2D eigenvalue weighted by Crippen LogP contribution is 2.62. The molecule has 110 valence electrons. The third kappa shape index (κ3) is 1.74. The zero-order valence-electron chi connectivity index (χ0n) is 12.4. The van der Waals surface area contributed by atoms with Crippen molar-refractivity contribution in [2.45, 2.75) is 51.0 Å². The highest BCUT2D eigenvalue weighted by molar-refractivity contribution is 5.99. The van der Waals surface area contributed by atoms with Crippen LogP contribution < -0.4 is 4.74 Å². The lowest BCUT2D eigenvalue weighted by molar-refractivity contribution is -0.112. The Morgan fingerprint density at radius 3 is 2.24 bits per heavy atom. The molecule has 1 aromatic rings. The molecule has 1 unspecified atom stereocenters. The Hall–Kier alpha value is -1.31. The van der Waals surface area contributed by atoms with Crippen LogP contribution >= 0.6 is 0 Å². The molecule has 1 aromatic carbocycles. The van der Waals surface area contributed by atoms with Crippen LogP contribution in [0.15, 0.2) is 24.3 Å². The van der Waals surface area contributed by atoms with Gasteiger partial charge in [-0.15, -0.1) is 0 Å². The number of para-hydroxylation sites is 1. The minimum Gasteiger partial charge on any atom is -0.489 e. The van der Waals surface area contributed by atoms with Crippen LogP contribution in [-0.4, -0.2) is 11.9 Å². The van der Waals surface area contributed by atoms with E-state index in [4.69, 9.17) is 4.74 Å². The van der Waals surface area contributed by atoms with E-state index < -0.39 is 0 Å². The maximum absolute atomic E-state index is 12.5. The molecule has 2 heteroatoms. The van der Waals surface area contributed by atoms with Crippen LogP contribution in [0.2, 0.25) is 0 Å². The normalized spacial score (nSPS) is 43.5. The van der Waals surface area contributed by atoms with Crippen LogP contribution in [0.5, 0.6) is 5.75 Å². The summed E-state index contributed by atoms with van der Waals surface area (Å²) < 4.78 is 6.37. The van der Waals surface area contributed by atoms with E-state index in [1.165, 1.54) is 38.5 Å². The number of ether oxygens (including phenoxy) is 1. The minimum atomic E-state index is 0.133. The van der Waals surface area contributed by atoms with Crippen molar-refractivity contribution in [2.75, 3.05) is 0 Å². The molecule has 0 aromatic heterocycles.